The summed E-state index contributed by atoms with van der Waals surface area (Å²) < 4.78 is 28.7. The van der Waals surface area contributed by atoms with Gasteiger partial charge >= 0.3 is 0 Å². The van der Waals surface area contributed by atoms with E-state index in [1.54, 1.807) is 22.4 Å². The molecule has 1 aliphatic heterocycles. The first-order valence-electron chi connectivity index (χ1n) is 11.2. The van der Waals surface area contributed by atoms with E-state index >= 15 is 0 Å². The number of sulfonamides is 1. The first kappa shape index (κ1) is 23.2. The minimum atomic E-state index is -3.49. The molecule has 1 fully saturated rings. The number of thiophene rings is 1. The maximum absolute atomic E-state index is 13.8. The highest BCUT2D eigenvalue weighted by molar-refractivity contribution is 7.91. The third kappa shape index (κ3) is 4.65. The summed E-state index contributed by atoms with van der Waals surface area (Å²) in [6.45, 7) is 3.17. The number of benzene rings is 2. The van der Waals surface area contributed by atoms with E-state index in [0.29, 0.717) is 41.8 Å². The first-order valence-corrected chi connectivity index (χ1v) is 14.3. The number of carbonyl (C=O) groups excluding carboxylic acids is 1. The van der Waals surface area contributed by atoms with Gasteiger partial charge in [0.2, 0.25) is 5.91 Å². The summed E-state index contributed by atoms with van der Waals surface area (Å²) in [5.41, 5.74) is 3.07. The molecule has 0 N–H and O–H groups in total. The predicted octanol–water partition coefficient (Wildman–Crippen LogP) is 5.30. The van der Waals surface area contributed by atoms with Crippen LogP contribution >= 0.6 is 22.7 Å². The molecule has 176 valence electrons. The minimum Gasteiger partial charge on any atom is -0.283 e. The van der Waals surface area contributed by atoms with E-state index in [1.807, 2.05) is 49.4 Å². The van der Waals surface area contributed by atoms with Crippen LogP contribution in [0.4, 0.5) is 5.13 Å². The molecule has 9 heteroatoms. The van der Waals surface area contributed by atoms with Crippen LogP contribution in [-0.2, 0) is 21.4 Å². The molecular formula is C25H25N3O3S3. The van der Waals surface area contributed by atoms with E-state index in [9.17, 15) is 13.2 Å². The molecule has 1 aliphatic rings. The topological polar surface area (TPSA) is 70.6 Å². The lowest BCUT2D eigenvalue weighted by Gasteiger charge is -2.32. The van der Waals surface area contributed by atoms with Gasteiger partial charge in [-0.15, -0.1) is 11.3 Å². The molecule has 6 nitrogen and oxygen atoms in total. The number of nitrogens with zero attached hydrogens (tertiary/aromatic N) is 3. The van der Waals surface area contributed by atoms with E-state index < -0.39 is 10.0 Å². The molecular weight excluding hydrogens is 486 g/mol. The molecule has 3 heterocycles. The van der Waals surface area contributed by atoms with Gasteiger partial charge in [0.1, 0.15) is 4.21 Å². The van der Waals surface area contributed by atoms with Crippen LogP contribution in [0.5, 0.6) is 0 Å². The molecule has 34 heavy (non-hydrogen) atoms. The summed E-state index contributed by atoms with van der Waals surface area (Å²) in [6.07, 6.45) is 0.997. The second kappa shape index (κ2) is 9.58. The molecule has 0 aliphatic carbocycles. The van der Waals surface area contributed by atoms with E-state index in [0.717, 1.165) is 21.3 Å². The summed E-state index contributed by atoms with van der Waals surface area (Å²) in [6, 6.07) is 19.4. The van der Waals surface area contributed by atoms with Crippen LogP contribution in [0.3, 0.4) is 0 Å². The Labute approximate surface area is 207 Å². The lowest BCUT2D eigenvalue weighted by atomic mass is 9.96. The van der Waals surface area contributed by atoms with Crippen molar-refractivity contribution >= 4 is 54.0 Å². The summed E-state index contributed by atoms with van der Waals surface area (Å²) in [7, 11) is -3.49. The Morgan fingerprint density at radius 3 is 2.56 bits per heavy atom. The largest absolute Gasteiger partial charge is 0.283 e. The Hall–Kier alpha value is -2.59. The second-order valence-electron chi connectivity index (χ2n) is 8.49. The van der Waals surface area contributed by atoms with Crippen molar-refractivity contribution in [1.29, 1.82) is 0 Å². The van der Waals surface area contributed by atoms with Crippen molar-refractivity contribution in [2.75, 3.05) is 18.0 Å². The zero-order valence-corrected chi connectivity index (χ0v) is 21.2. The first-order chi connectivity index (χ1) is 16.4. The molecule has 0 spiro atoms. The van der Waals surface area contributed by atoms with Gasteiger partial charge in [0.25, 0.3) is 10.0 Å². The van der Waals surface area contributed by atoms with Gasteiger partial charge in [0.15, 0.2) is 5.13 Å². The fraction of sp³-hybridized carbons (Fsp3) is 0.280. The van der Waals surface area contributed by atoms with Gasteiger partial charge in [-0.3, -0.25) is 9.69 Å². The van der Waals surface area contributed by atoms with Crippen molar-refractivity contribution in [3.05, 3.63) is 77.2 Å². The lowest BCUT2D eigenvalue weighted by Crippen LogP contribution is -2.44. The molecule has 0 bridgehead atoms. The van der Waals surface area contributed by atoms with Gasteiger partial charge in [-0.25, -0.2) is 13.4 Å². The SMILES string of the molecule is Cc1ccc2nc(N(Cc3ccccc3)C(=O)C3CCN(S(=O)(=O)c4cccs4)CC3)sc2c1. The number of carbonyl (C=O) groups is 1. The van der Waals surface area contributed by atoms with Crippen molar-refractivity contribution in [1.82, 2.24) is 9.29 Å². The monoisotopic (exact) mass is 511 g/mol. The number of hydrogen-bond donors (Lipinski definition) is 0. The van der Waals surface area contributed by atoms with Gasteiger partial charge in [-0.05, 0) is 54.5 Å². The Morgan fingerprint density at radius 2 is 1.85 bits per heavy atom. The number of hydrogen-bond acceptors (Lipinski definition) is 6. The van der Waals surface area contributed by atoms with Crippen LogP contribution in [-0.4, -0.2) is 36.7 Å². The number of anilines is 1. The number of amides is 1. The Morgan fingerprint density at radius 1 is 1.09 bits per heavy atom. The van der Waals surface area contributed by atoms with Crippen LogP contribution < -0.4 is 4.90 Å². The number of rotatable bonds is 6. The third-order valence-electron chi connectivity index (χ3n) is 6.11. The average molecular weight is 512 g/mol. The molecule has 5 rings (SSSR count). The van der Waals surface area contributed by atoms with E-state index in [-0.39, 0.29) is 11.8 Å². The van der Waals surface area contributed by atoms with Crippen LogP contribution in [0.2, 0.25) is 0 Å². The molecule has 0 atom stereocenters. The highest BCUT2D eigenvalue weighted by atomic mass is 32.2. The van der Waals surface area contributed by atoms with Gasteiger partial charge in [-0.1, -0.05) is 53.8 Å². The molecule has 1 saturated heterocycles. The molecule has 0 saturated carbocycles. The smallest absolute Gasteiger partial charge is 0.252 e. The molecule has 0 radical (unpaired) electrons. The molecule has 1 amide bonds. The zero-order chi connectivity index (χ0) is 23.7. The molecule has 2 aromatic heterocycles. The molecule has 0 unspecified atom stereocenters. The maximum atomic E-state index is 13.8. The number of piperidine rings is 1. The van der Waals surface area contributed by atoms with E-state index in [4.69, 9.17) is 4.98 Å². The van der Waals surface area contributed by atoms with Crippen molar-refractivity contribution in [3.63, 3.8) is 0 Å². The van der Waals surface area contributed by atoms with Crippen LogP contribution in [0, 0.1) is 12.8 Å². The summed E-state index contributed by atoms with van der Waals surface area (Å²) in [5, 5.41) is 2.45. The number of aryl methyl sites for hydroxylation is 1. The summed E-state index contributed by atoms with van der Waals surface area (Å²) in [5.74, 6) is -0.236. The standard InChI is InChI=1S/C25H25N3O3S3/c1-18-9-10-21-22(16-18)33-25(26-21)28(17-19-6-3-2-4-7-19)24(29)20-11-13-27(14-12-20)34(30,31)23-8-5-15-32-23/h2-10,15-16,20H,11-14,17H2,1H3. The zero-order valence-electron chi connectivity index (χ0n) is 18.8. The fourth-order valence-electron chi connectivity index (χ4n) is 4.24. The average Bonchev–Trinajstić information content (AvgIpc) is 3.53. The number of thiazole rings is 1. The highest BCUT2D eigenvalue weighted by Gasteiger charge is 2.35. The van der Waals surface area contributed by atoms with Crippen LogP contribution in [0.25, 0.3) is 10.2 Å². The number of fused-ring (bicyclic) bond motifs is 1. The van der Waals surface area contributed by atoms with E-state index in [2.05, 4.69) is 6.07 Å². The molecule has 4 aromatic rings. The Balaban J connectivity index is 1.38. The van der Waals surface area contributed by atoms with E-state index in [1.165, 1.54) is 27.0 Å². The predicted molar refractivity (Wildman–Crippen MR) is 138 cm³/mol. The molecule has 2 aromatic carbocycles. The van der Waals surface area contributed by atoms with Gasteiger partial charge < -0.3 is 0 Å². The highest BCUT2D eigenvalue weighted by Crippen LogP contribution is 2.33. The fourth-order valence-corrected chi connectivity index (χ4v) is 7.92. The van der Waals surface area contributed by atoms with Gasteiger partial charge in [0.05, 0.1) is 16.8 Å². The minimum absolute atomic E-state index is 0.00722. The normalized spacial score (nSPS) is 15.6. The van der Waals surface area contributed by atoms with Crippen molar-refractivity contribution in [2.24, 2.45) is 5.92 Å². The van der Waals surface area contributed by atoms with Crippen LogP contribution in [0.1, 0.15) is 24.0 Å². The van der Waals surface area contributed by atoms with Gasteiger partial charge in [0, 0.05) is 19.0 Å². The van der Waals surface area contributed by atoms with Gasteiger partial charge in [-0.2, -0.15) is 4.31 Å². The number of aromatic nitrogens is 1. The van der Waals surface area contributed by atoms with Crippen molar-refractivity contribution < 1.29 is 13.2 Å². The Bertz CT molecular complexity index is 1390. The maximum Gasteiger partial charge on any atom is 0.252 e. The second-order valence-corrected chi connectivity index (χ2v) is 12.6. The Kier molecular flexibility index (Phi) is 6.52. The van der Waals surface area contributed by atoms with Crippen molar-refractivity contribution in [3.8, 4) is 0 Å². The summed E-state index contributed by atoms with van der Waals surface area (Å²) >= 11 is 2.75. The van der Waals surface area contributed by atoms with Crippen molar-refractivity contribution in [2.45, 2.75) is 30.5 Å². The van der Waals surface area contributed by atoms with Crippen LogP contribution in [0.15, 0.2) is 70.3 Å². The summed E-state index contributed by atoms with van der Waals surface area (Å²) in [4.78, 5) is 20.3. The quantitative estimate of drug-likeness (QED) is 0.352. The lowest BCUT2D eigenvalue weighted by molar-refractivity contribution is -0.123. The third-order valence-corrected chi connectivity index (χ3v) is 10.4.